The Balaban J connectivity index is 1.62. The third kappa shape index (κ3) is 3.04. The summed E-state index contributed by atoms with van der Waals surface area (Å²) in [6.07, 6.45) is 2.12. The third-order valence-electron chi connectivity index (χ3n) is 3.53. The van der Waals surface area contributed by atoms with E-state index in [1.165, 1.54) is 0 Å². The van der Waals surface area contributed by atoms with Crippen LogP contribution in [0.1, 0.15) is 42.5 Å². The summed E-state index contributed by atoms with van der Waals surface area (Å²) in [5.74, 6) is 1.29. The number of benzene rings is 1. The first kappa shape index (κ1) is 13.6. The van der Waals surface area contributed by atoms with Crippen molar-refractivity contribution in [2.24, 2.45) is 0 Å². The molecule has 6 nitrogen and oxygen atoms in total. The first-order valence-electron chi connectivity index (χ1n) is 7.00. The number of fused-ring (bicyclic) bond motifs is 1. The first-order chi connectivity index (χ1) is 10.2. The maximum atomic E-state index is 10.4. The lowest BCUT2D eigenvalue weighted by Gasteiger charge is -2.01. The van der Waals surface area contributed by atoms with Gasteiger partial charge in [0.1, 0.15) is 12.4 Å². The van der Waals surface area contributed by atoms with Gasteiger partial charge in [0.2, 0.25) is 5.89 Å². The van der Waals surface area contributed by atoms with E-state index < -0.39 is 5.97 Å². The van der Waals surface area contributed by atoms with Crippen molar-refractivity contribution in [2.45, 2.75) is 31.6 Å². The second kappa shape index (κ2) is 5.95. The molecule has 0 fully saturated rings. The van der Waals surface area contributed by atoms with Crippen LogP contribution in [0.3, 0.4) is 0 Å². The highest BCUT2D eigenvalue weighted by atomic mass is 16.5. The Hall–Kier alpha value is -2.37. The van der Waals surface area contributed by atoms with Crippen molar-refractivity contribution in [3.63, 3.8) is 0 Å². The minimum atomic E-state index is -0.777. The van der Waals surface area contributed by atoms with Gasteiger partial charge in [-0.2, -0.15) is 4.98 Å². The van der Waals surface area contributed by atoms with Crippen molar-refractivity contribution in [3.8, 4) is 5.75 Å². The molecule has 0 saturated carbocycles. The molecule has 1 aliphatic heterocycles. The van der Waals surface area contributed by atoms with Crippen LogP contribution in [0.5, 0.6) is 5.75 Å². The monoisotopic (exact) mass is 288 g/mol. The molecule has 21 heavy (non-hydrogen) atoms. The summed E-state index contributed by atoms with van der Waals surface area (Å²) in [6.45, 7) is 0.525. The van der Waals surface area contributed by atoms with E-state index in [1.54, 1.807) is 0 Å². The van der Waals surface area contributed by atoms with Crippen LogP contribution in [0.2, 0.25) is 0 Å². The zero-order chi connectivity index (χ0) is 14.7. The number of nitrogens with zero attached hydrogens (tertiary/aromatic N) is 2. The highest BCUT2D eigenvalue weighted by Crippen LogP contribution is 2.36. The Morgan fingerprint density at radius 1 is 1.33 bits per heavy atom. The van der Waals surface area contributed by atoms with E-state index in [-0.39, 0.29) is 12.3 Å². The number of carboxylic acid groups (broad SMARTS) is 1. The summed E-state index contributed by atoms with van der Waals surface area (Å²) in [6, 6.07) is 7.84. The van der Waals surface area contributed by atoms with Gasteiger partial charge in [0.15, 0.2) is 5.82 Å². The predicted octanol–water partition coefficient (Wildman–Crippen LogP) is 2.39. The number of unbranched alkanes of at least 4 members (excludes halogenated alkanes) is 1. The first-order valence-corrected chi connectivity index (χ1v) is 7.00. The van der Waals surface area contributed by atoms with Gasteiger partial charge in [-0.25, -0.2) is 0 Å². The molecule has 6 heteroatoms. The summed E-state index contributed by atoms with van der Waals surface area (Å²) in [5.41, 5.74) is 1.08. The van der Waals surface area contributed by atoms with Gasteiger partial charge in [-0.15, -0.1) is 0 Å². The molecule has 1 N–H and O–H groups in total. The summed E-state index contributed by atoms with van der Waals surface area (Å²) >= 11 is 0. The van der Waals surface area contributed by atoms with Crippen molar-refractivity contribution >= 4 is 5.97 Å². The topological polar surface area (TPSA) is 85.5 Å². The molecule has 0 aliphatic carbocycles. The van der Waals surface area contributed by atoms with E-state index in [0.29, 0.717) is 31.2 Å². The number of rotatable bonds is 6. The number of aryl methyl sites for hydroxylation is 1. The number of aliphatic carboxylic acids is 1. The minimum absolute atomic E-state index is 0.0118. The Bertz CT molecular complexity index is 638. The summed E-state index contributed by atoms with van der Waals surface area (Å²) in [5, 5.41) is 12.6. The fourth-order valence-corrected chi connectivity index (χ4v) is 2.44. The third-order valence-corrected chi connectivity index (χ3v) is 3.53. The molecule has 0 radical (unpaired) electrons. The molecular weight excluding hydrogens is 272 g/mol. The Morgan fingerprint density at radius 3 is 3.05 bits per heavy atom. The lowest BCUT2D eigenvalue weighted by molar-refractivity contribution is -0.137. The maximum Gasteiger partial charge on any atom is 0.303 e. The Morgan fingerprint density at radius 2 is 2.19 bits per heavy atom. The molecule has 1 aromatic carbocycles. The molecule has 110 valence electrons. The van der Waals surface area contributed by atoms with Crippen LogP contribution in [-0.2, 0) is 11.2 Å². The number of ether oxygens (including phenoxy) is 1. The number of aromatic nitrogens is 2. The normalized spacial score (nSPS) is 16.5. The van der Waals surface area contributed by atoms with Crippen LogP contribution in [0.25, 0.3) is 0 Å². The predicted molar refractivity (Wildman–Crippen MR) is 73.3 cm³/mol. The van der Waals surface area contributed by atoms with Crippen LogP contribution in [0.15, 0.2) is 28.8 Å². The summed E-state index contributed by atoms with van der Waals surface area (Å²) in [4.78, 5) is 14.8. The van der Waals surface area contributed by atoms with Crippen molar-refractivity contribution in [2.75, 3.05) is 6.61 Å². The molecule has 1 aliphatic rings. The lowest BCUT2D eigenvalue weighted by Crippen LogP contribution is -2.04. The number of carboxylic acids is 1. The highest BCUT2D eigenvalue weighted by molar-refractivity contribution is 5.66. The molecule has 0 saturated heterocycles. The van der Waals surface area contributed by atoms with Crippen molar-refractivity contribution < 1.29 is 19.2 Å². The highest BCUT2D eigenvalue weighted by Gasteiger charge is 2.29. The average molecular weight is 288 g/mol. The minimum Gasteiger partial charge on any atom is -0.492 e. The molecule has 1 aromatic heterocycles. The van der Waals surface area contributed by atoms with E-state index in [4.69, 9.17) is 14.4 Å². The van der Waals surface area contributed by atoms with Gasteiger partial charge in [0.25, 0.3) is 0 Å². The number of para-hydroxylation sites is 1. The largest absolute Gasteiger partial charge is 0.492 e. The van der Waals surface area contributed by atoms with E-state index in [1.807, 2.05) is 24.3 Å². The van der Waals surface area contributed by atoms with Crippen LogP contribution in [0.4, 0.5) is 0 Å². The molecule has 1 unspecified atom stereocenters. The maximum absolute atomic E-state index is 10.4. The fourth-order valence-electron chi connectivity index (χ4n) is 2.44. The summed E-state index contributed by atoms with van der Waals surface area (Å²) in [7, 11) is 0. The van der Waals surface area contributed by atoms with Crippen LogP contribution < -0.4 is 4.74 Å². The number of hydrogen-bond donors (Lipinski definition) is 1. The van der Waals surface area contributed by atoms with Gasteiger partial charge in [-0.1, -0.05) is 23.4 Å². The smallest absolute Gasteiger partial charge is 0.303 e. The Kier molecular flexibility index (Phi) is 3.85. The molecule has 2 heterocycles. The molecule has 0 amide bonds. The van der Waals surface area contributed by atoms with Crippen molar-refractivity contribution in [3.05, 3.63) is 41.5 Å². The van der Waals surface area contributed by atoms with Crippen LogP contribution >= 0.6 is 0 Å². The molecular formula is C15H16N2O4. The van der Waals surface area contributed by atoms with Gasteiger partial charge in [-0.3, -0.25) is 4.79 Å². The van der Waals surface area contributed by atoms with E-state index in [2.05, 4.69) is 10.1 Å². The zero-order valence-electron chi connectivity index (χ0n) is 11.5. The van der Waals surface area contributed by atoms with Gasteiger partial charge in [-0.05, 0) is 18.9 Å². The number of hydrogen-bond acceptors (Lipinski definition) is 5. The van der Waals surface area contributed by atoms with Crippen LogP contribution in [0, 0.1) is 0 Å². The average Bonchev–Trinajstić information content (AvgIpc) is 3.09. The van der Waals surface area contributed by atoms with Crippen LogP contribution in [-0.4, -0.2) is 27.8 Å². The molecule has 3 rings (SSSR count). The zero-order valence-corrected chi connectivity index (χ0v) is 11.5. The lowest BCUT2D eigenvalue weighted by atomic mass is 10.0. The molecule has 2 aromatic rings. The van der Waals surface area contributed by atoms with Gasteiger partial charge >= 0.3 is 5.97 Å². The van der Waals surface area contributed by atoms with E-state index >= 15 is 0 Å². The van der Waals surface area contributed by atoms with Crippen molar-refractivity contribution in [1.29, 1.82) is 0 Å². The van der Waals surface area contributed by atoms with E-state index in [9.17, 15) is 4.79 Å². The molecule has 1 atom stereocenters. The quantitative estimate of drug-likeness (QED) is 0.821. The van der Waals surface area contributed by atoms with Crippen molar-refractivity contribution in [1.82, 2.24) is 10.1 Å². The number of carbonyl (C=O) groups is 1. The fraction of sp³-hybridized carbons (Fsp3) is 0.400. The second-order valence-electron chi connectivity index (χ2n) is 5.05. The Labute approximate surface area is 121 Å². The van der Waals surface area contributed by atoms with Gasteiger partial charge < -0.3 is 14.4 Å². The van der Waals surface area contributed by atoms with Gasteiger partial charge in [0.05, 0.1) is 5.92 Å². The molecule has 0 spiro atoms. The standard InChI is InChI=1S/C15H16N2O4/c18-14(19)8-4-3-7-13-16-15(17-21-13)11-9-20-12-6-2-1-5-10(11)12/h1-2,5-6,11H,3-4,7-9H2,(H,18,19). The molecule has 0 bridgehead atoms. The van der Waals surface area contributed by atoms with E-state index in [0.717, 1.165) is 17.7 Å². The second-order valence-corrected chi connectivity index (χ2v) is 5.05. The van der Waals surface area contributed by atoms with Gasteiger partial charge in [0, 0.05) is 18.4 Å². The summed E-state index contributed by atoms with van der Waals surface area (Å²) < 4.78 is 10.8. The SMILES string of the molecule is O=C(O)CCCCc1nc(C2COc3ccccc32)no1.